The Hall–Kier alpha value is -1.59. The molecule has 1 heterocycles. The van der Waals surface area contributed by atoms with Gasteiger partial charge in [0.2, 0.25) is 0 Å². The fraction of sp³-hybridized carbons (Fsp3) is 0.500. The van der Waals surface area contributed by atoms with Crippen LogP contribution in [0.2, 0.25) is 0 Å². The molecule has 2 N–H and O–H groups in total. The molecule has 1 fully saturated rings. The Balaban J connectivity index is 2.18. The second-order valence-corrected chi connectivity index (χ2v) is 4.98. The SMILES string of the molecule is Cc1ccc(C(=O)N2CC(C)OC(CO)C2)c(O)c1. The van der Waals surface area contributed by atoms with Gasteiger partial charge in [-0.3, -0.25) is 4.79 Å². The summed E-state index contributed by atoms with van der Waals surface area (Å²) in [5.41, 5.74) is 1.19. The van der Waals surface area contributed by atoms with Crippen LogP contribution in [-0.2, 0) is 4.74 Å². The van der Waals surface area contributed by atoms with Crippen molar-refractivity contribution in [3.8, 4) is 5.75 Å². The lowest BCUT2D eigenvalue weighted by Crippen LogP contribution is -2.50. The lowest BCUT2D eigenvalue weighted by molar-refractivity contribution is -0.0859. The van der Waals surface area contributed by atoms with E-state index in [9.17, 15) is 9.90 Å². The maximum absolute atomic E-state index is 12.4. The van der Waals surface area contributed by atoms with Gasteiger partial charge in [-0.05, 0) is 31.5 Å². The highest BCUT2D eigenvalue weighted by atomic mass is 16.5. The summed E-state index contributed by atoms with van der Waals surface area (Å²) >= 11 is 0. The van der Waals surface area contributed by atoms with Gasteiger partial charge < -0.3 is 19.8 Å². The van der Waals surface area contributed by atoms with Crippen LogP contribution in [0.1, 0.15) is 22.8 Å². The zero-order valence-corrected chi connectivity index (χ0v) is 11.2. The van der Waals surface area contributed by atoms with Crippen LogP contribution < -0.4 is 0 Å². The van der Waals surface area contributed by atoms with E-state index in [0.29, 0.717) is 13.1 Å². The summed E-state index contributed by atoms with van der Waals surface area (Å²) in [6, 6.07) is 4.99. The van der Waals surface area contributed by atoms with Gasteiger partial charge in [-0.25, -0.2) is 0 Å². The van der Waals surface area contributed by atoms with Crippen molar-refractivity contribution in [2.45, 2.75) is 26.1 Å². The third-order valence-corrected chi connectivity index (χ3v) is 3.20. The number of amides is 1. The summed E-state index contributed by atoms with van der Waals surface area (Å²) in [4.78, 5) is 14.0. The number of aryl methyl sites for hydroxylation is 1. The molecule has 5 nitrogen and oxygen atoms in total. The summed E-state index contributed by atoms with van der Waals surface area (Å²) in [6.07, 6.45) is -0.484. The van der Waals surface area contributed by atoms with Crippen LogP contribution in [0.3, 0.4) is 0 Å². The van der Waals surface area contributed by atoms with Crippen LogP contribution in [0, 0.1) is 6.92 Å². The summed E-state index contributed by atoms with van der Waals surface area (Å²) in [6.45, 7) is 4.40. The van der Waals surface area contributed by atoms with E-state index < -0.39 is 0 Å². The number of carbonyl (C=O) groups excluding carboxylic acids is 1. The largest absolute Gasteiger partial charge is 0.507 e. The summed E-state index contributed by atoms with van der Waals surface area (Å²) < 4.78 is 5.49. The highest BCUT2D eigenvalue weighted by molar-refractivity contribution is 5.97. The molecule has 1 amide bonds. The topological polar surface area (TPSA) is 70.0 Å². The Kier molecular flexibility index (Phi) is 4.07. The summed E-state index contributed by atoms with van der Waals surface area (Å²) in [5, 5.41) is 19.0. The number of phenolic OH excluding ortho intramolecular Hbond substituents is 1. The first-order chi connectivity index (χ1) is 9.01. The van der Waals surface area contributed by atoms with Crippen molar-refractivity contribution >= 4 is 5.91 Å². The molecule has 1 aromatic rings. The lowest BCUT2D eigenvalue weighted by Gasteiger charge is -2.36. The third-order valence-electron chi connectivity index (χ3n) is 3.20. The minimum atomic E-state index is -0.361. The Morgan fingerprint density at radius 2 is 2.21 bits per heavy atom. The fourth-order valence-corrected chi connectivity index (χ4v) is 2.30. The molecule has 1 aromatic carbocycles. The number of ether oxygens (including phenoxy) is 1. The number of hydrogen-bond acceptors (Lipinski definition) is 4. The molecule has 0 spiro atoms. The number of benzene rings is 1. The molecule has 104 valence electrons. The number of carbonyl (C=O) groups is 1. The van der Waals surface area contributed by atoms with Crippen molar-refractivity contribution < 1.29 is 19.7 Å². The van der Waals surface area contributed by atoms with Gasteiger partial charge in [0.1, 0.15) is 5.75 Å². The van der Waals surface area contributed by atoms with Crippen LogP contribution >= 0.6 is 0 Å². The van der Waals surface area contributed by atoms with Gasteiger partial charge >= 0.3 is 0 Å². The van der Waals surface area contributed by atoms with Crippen molar-refractivity contribution in [3.05, 3.63) is 29.3 Å². The Bertz CT molecular complexity index is 475. The average molecular weight is 265 g/mol. The van der Waals surface area contributed by atoms with Gasteiger partial charge in [0.15, 0.2) is 0 Å². The van der Waals surface area contributed by atoms with Crippen LogP contribution in [0.15, 0.2) is 18.2 Å². The number of nitrogens with zero attached hydrogens (tertiary/aromatic N) is 1. The minimum Gasteiger partial charge on any atom is -0.507 e. The van der Waals surface area contributed by atoms with Gasteiger partial charge in [-0.1, -0.05) is 6.07 Å². The van der Waals surface area contributed by atoms with Gasteiger partial charge in [0.05, 0.1) is 24.4 Å². The predicted octanol–water partition coefficient (Wildman–Crippen LogP) is 0.922. The molecule has 0 radical (unpaired) electrons. The first-order valence-corrected chi connectivity index (χ1v) is 6.36. The monoisotopic (exact) mass is 265 g/mol. The molecule has 2 unspecified atom stereocenters. The molecule has 0 saturated carbocycles. The standard InChI is InChI=1S/C14H19NO4/c1-9-3-4-12(13(17)5-9)14(18)15-6-10(2)19-11(7-15)8-16/h3-5,10-11,16-17H,6-8H2,1-2H3. The predicted molar refractivity (Wildman–Crippen MR) is 70.2 cm³/mol. The molecule has 1 saturated heterocycles. The van der Waals surface area contributed by atoms with E-state index in [1.807, 2.05) is 13.8 Å². The maximum Gasteiger partial charge on any atom is 0.257 e. The van der Waals surface area contributed by atoms with Gasteiger partial charge in [0, 0.05) is 13.1 Å². The zero-order chi connectivity index (χ0) is 14.0. The molecular weight excluding hydrogens is 246 g/mol. The second kappa shape index (κ2) is 5.59. The Morgan fingerprint density at radius 1 is 1.47 bits per heavy atom. The van der Waals surface area contributed by atoms with E-state index in [1.54, 1.807) is 23.1 Å². The third kappa shape index (κ3) is 3.05. The first kappa shape index (κ1) is 13.8. The van der Waals surface area contributed by atoms with Crippen molar-refractivity contribution in [2.75, 3.05) is 19.7 Å². The van der Waals surface area contributed by atoms with Crippen LogP contribution in [0.4, 0.5) is 0 Å². The van der Waals surface area contributed by atoms with Crippen molar-refractivity contribution in [3.63, 3.8) is 0 Å². The molecule has 0 bridgehead atoms. The van der Waals surface area contributed by atoms with Crippen molar-refractivity contribution in [2.24, 2.45) is 0 Å². The molecule has 0 aromatic heterocycles. The number of aromatic hydroxyl groups is 1. The smallest absolute Gasteiger partial charge is 0.257 e. The zero-order valence-electron chi connectivity index (χ0n) is 11.2. The highest BCUT2D eigenvalue weighted by Gasteiger charge is 2.29. The van der Waals surface area contributed by atoms with E-state index in [1.165, 1.54) is 0 Å². The molecule has 1 aliphatic heterocycles. The van der Waals surface area contributed by atoms with Crippen molar-refractivity contribution in [1.29, 1.82) is 0 Å². The fourth-order valence-electron chi connectivity index (χ4n) is 2.30. The van der Waals surface area contributed by atoms with E-state index in [2.05, 4.69) is 0 Å². The van der Waals surface area contributed by atoms with Crippen LogP contribution in [0.5, 0.6) is 5.75 Å². The molecule has 2 atom stereocenters. The number of aliphatic hydroxyl groups is 1. The molecular formula is C14H19NO4. The number of phenols is 1. The highest BCUT2D eigenvalue weighted by Crippen LogP contribution is 2.22. The number of rotatable bonds is 2. The number of aliphatic hydroxyl groups excluding tert-OH is 1. The summed E-state index contributed by atoms with van der Waals surface area (Å²) in [5.74, 6) is -0.240. The Labute approximate surface area is 112 Å². The number of hydrogen-bond donors (Lipinski definition) is 2. The first-order valence-electron chi connectivity index (χ1n) is 6.36. The minimum absolute atomic E-state index is 0.00954. The van der Waals surface area contributed by atoms with E-state index in [0.717, 1.165) is 5.56 Å². The summed E-state index contributed by atoms with van der Waals surface area (Å²) in [7, 11) is 0. The van der Waals surface area contributed by atoms with E-state index in [-0.39, 0.29) is 36.0 Å². The van der Waals surface area contributed by atoms with Crippen molar-refractivity contribution in [1.82, 2.24) is 4.90 Å². The second-order valence-electron chi connectivity index (χ2n) is 4.98. The average Bonchev–Trinajstić information content (AvgIpc) is 2.37. The lowest BCUT2D eigenvalue weighted by atomic mass is 10.1. The molecule has 0 aliphatic carbocycles. The van der Waals surface area contributed by atoms with Gasteiger partial charge in [-0.15, -0.1) is 0 Å². The van der Waals surface area contributed by atoms with Gasteiger partial charge in [0.25, 0.3) is 5.91 Å². The maximum atomic E-state index is 12.4. The van der Waals surface area contributed by atoms with E-state index in [4.69, 9.17) is 9.84 Å². The normalized spacial score (nSPS) is 23.4. The molecule has 1 aliphatic rings. The molecule has 2 rings (SSSR count). The molecule has 19 heavy (non-hydrogen) atoms. The number of morpholine rings is 1. The molecule has 5 heteroatoms. The van der Waals surface area contributed by atoms with Crippen LogP contribution in [-0.4, -0.2) is 52.9 Å². The van der Waals surface area contributed by atoms with Gasteiger partial charge in [-0.2, -0.15) is 0 Å². The van der Waals surface area contributed by atoms with E-state index >= 15 is 0 Å². The quantitative estimate of drug-likeness (QED) is 0.834. The Morgan fingerprint density at radius 3 is 2.84 bits per heavy atom. The van der Waals surface area contributed by atoms with Crippen LogP contribution in [0.25, 0.3) is 0 Å².